The molecule has 0 aliphatic carbocycles. The molecule has 74 heavy (non-hydrogen) atoms. The Kier molecular flexibility index (Phi) is 9.40. The van der Waals surface area contributed by atoms with Gasteiger partial charge in [-0.25, -0.2) is 4.85 Å². The molecule has 0 saturated heterocycles. The predicted octanol–water partition coefficient (Wildman–Crippen LogP) is 19.7. The minimum Gasteiger partial charge on any atom is -0.318 e. The van der Waals surface area contributed by atoms with Crippen molar-refractivity contribution in [3.05, 3.63) is 248 Å². The van der Waals surface area contributed by atoms with Crippen molar-refractivity contribution in [3.8, 4) is 62.0 Å². The summed E-state index contributed by atoms with van der Waals surface area (Å²) in [4.78, 5) is 4.69. The van der Waals surface area contributed by atoms with Crippen molar-refractivity contribution < 1.29 is 0 Å². The Labute approximate surface area is 433 Å². The summed E-state index contributed by atoms with van der Waals surface area (Å²) in [5, 5.41) is 21.6. The number of nitriles is 1. The molecule has 0 aliphatic heterocycles. The van der Waals surface area contributed by atoms with Gasteiger partial charge in [-0.2, -0.15) is 5.26 Å². The Balaban J connectivity index is 1.24. The number of para-hydroxylation sites is 2. The average molecular weight is 975 g/mol. The van der Waals surface area contributed by atoms with Crippen molar-refractivity contribution in [1.29, 1.82) is 5.26 Å². The van der Waals surface area contributed by atoms with Crippen LogP contribution >= 0.6 is 22.7 Å². The van der Waals surface area contributed by atoms with Crippen LogP contribution in [0.1, 0.15) is 5.56 Å². The molecule has 4 nitrogen and oxygen atoms in total. The third-order valence-electron chi connectivity index (χ3n) is 14.9. The summed E-state index contributed by atoms with van der Waals surface area (Å²) in [7, 11) is 0. The topological polar surface area (TPSA) is 38.0 Å². The first-order valence-corrected chi connectivity index (χ1v) is 26.3. The Morgan fingerprint density at radius 2 is 0.784 bits per heavy atom. The molecule has 0 radical (unpaired) electrons. The molecule has 0 N–H and O–H groups in total. The van der Waals surface area contributed by atoms with Gasteiger partial charge >= 0.3 is 0 Å². The van der Waals surface area contributed by atoms with Crippen LogP contribution in [-0.2, 0) is 0 Å². The summed E-state index contributed by atoms with van der Waals surface area (Å²) in [5.74, 6) is 0. The second kappa shape index (κ2) is 16.5. The highest BCUT2D eigenvalue weighted by Gasteiger charge is 2.33. The van der Waals surface area contributed by atoms with Crippen LogP contribution in [0.3, 0.4) is 0 Å². The fourth-order valence-corrected chi connectivity index (χ4v) is 14.3. The molecule has 4 aromatic heterocycles. The number of hydrogen-bond acceptors (Lipinski definition) is 3. The Morgan fingerprint density at radius 1 is 0.365 bits per heavy atom. The fraction of sp³-hybridized carbons (Fsp3) is 0. The quantitative estimate of drug-likeness (QED) is 0.153. The maximum atomic E-state index is 12.5. The highest BCUT2D eigenvalue weighted by Crippen LogP contribution is 2.55. The average Bonchev–Trinajstić information content (AvgIpc) is 4.24. The molecule has 0 aliphatic rings. The zero-order chi connectivity index (χ0) is 49.0. The van der Waals surface area contributed by atoms with Crippen LogP contribution in [-0.4, -0.2) is 9.13 Å². The smallest absolute Gasteiger partial charge is 0.220 e. The van der Waals surface area contributed by atoms with Crippen molar-refractivity contribution in [1.82, 2.24) is 9.13 Å². The zero-order valence-electron chi connectivity index (χ0n) is 39.5. The standard InChI is InChI=1S/C68H38N4S2/c1-70-62-60(46-38-44(41-19-5-2-6-20-41)37-45(39-46)42-21-7-3-8-22-42)55(40-69)63(61(43-23-9-4-10-24-43)66(62)71-56-29-15-11-25-47(56)48-26-12-16-30-57(48)71)72-64-51(33-35-53-49-27-13-17-31-58(49)73-67(53)64)52-34-36-54-50-28-14-18-32-59(50)74-68(54)65(52)72/h2-39H. The summed E-state index contributed by atoms with van der Waals surface area (Å²) in [6.07, 6.45) is 0. The van der Waals surface area contributed by atoms with Crippen molar-refractivity contribution in [2.45, 2.75) is 0 Å². The molecule has 0 amide bonds. The lowest BCUT2D eigenvalue weighted by Gasteiger charge is -2.26. The Bertz CT molecular complexity index is 4670. The van der Waals surface area contributed by atoms with E-state index in [1.54, 1.807) is 22.7 Å². The Morgan fingerprint density at radius 3 is 1.27 bits per heavy atom. The maximum absolute atomic E-state index is 12.5. The number of aromatic nitrogens is 2. The number of rotatable bonds is 6. The fourth-order valence-electron chi connectivity index (χ4n) is 11.8. The molecule has 0 unspecified atom stereocenters. The van der Waals surface area contributed by atoms with Crippen molar-refractivity contribution >= 4 is 112 Å². The lowest BCUT2D eigenvalue weighted by Crippen LogP contribution is -2.09. The van der Waals surface area contributed by atoms with E-state index in [9.17, 15) is 11.8 Å². The van der Waals surface area contributed by atoms with E-state index >= 15 is 0 Å². The highest BCUT2D eigenvalue weighted by atomic mass is 32.1. The van der Waals surface area contributed by atoms with Crippen LogP contribution in [0.25, 0.3) is 145 Å². The molecule has 0 spiro atoms. The molecule has 0 bridgehead atoms. The molecule has 4 heterocycles. The summed E-state index contributed by atoms with van der Waals surface area (Å²) in [5.41, 5.74) is 13.5. The van der Waals surface area contributed by atoms with Gasteiger partial charge in [-0.3, -0.25) is 0 Å². The van der Waals surface area contributed by atoms with Crippen molar-refractivity contribution in [2.24, 2.45) is 0 Å². The van der Waals surface area contributed by atoms with Gasteiger partial charge < -0.3 is 9.13 Å². The van der Waals surface area contributed by atoms with Crippen molar-refractivity contribution in [3.63, 3.8) is 0 Å². The zero-order valence-corrected chi connectivity index (χ0v) is 41.2. The lowest BCUT2D eigenvalue weighted by atomic mass is 9.86. The number of fused-ring (bicyclic) bond motifs is 14. The van der Waals surface area contributed by atoms with Gasteiger partial charge in [-0.1, -0.05) is 188 Å². The summed E-state index contributed by atoms with van der Waals surface area (Å²) in [6.45, 7) is 9.61. The Hall–Kier alpha value is -9.56. The van der Waals surface area contributed by atoms with Crippen LogP contribution in [0.4, 0.5) is 5.69 Å². The van der Waals surface area contributed by atoms with Gasteiger partial charge in [0.05, 0.1) is 55.0 Å². The van der Waals surface area contributed by atoms with E-state index in [1.807, 2.05) is 18.2 Å². The molecule has 6 heteroatoms. The van der Waals surface area contributed by atoms with E-state index in [0.717, 1.165) is 114 Å². The van der Waals surface area contributed by atoms with E-state index in [2.05, 4.69) is 228 Å². The van der Waals surface area contributed by atoms with Gasteiger partial charge in [0, 0.05) is 63.6 Å². The summed E-state index contributed by atoms with van der Waals surface area (Å²) < 4.78 is 9.44. The highest BCUT2D eigenvalue weighted by molar-refractivity contribution is 7.27. The minimum atomic E-state index is 0.402. The lowest BCUT2D eigenvalue weighted by molar-refractivity contribution is 1.14. The largest absolute Gasteiger partial charge is 0.318 e. The third kappa shape index (κ3) is 6.11. The maximum Gasteiger partial charge on any atom is 0.220 e. The minimum absolute atomic E-state index is 0.402. The first-order chi connectivity index (χ1) is 36.7. The SMILES string of the molecule is [C-]#[N+]c1c(-c2cc(-c3ccccc3)cc(-c3ccccc3)c2)c(C#N)c(-n2c3c(ccc4c5ccccc5sc43)c3ccc4c5ccccc5sc4c32)c(-c2ccccc2)c1-n1c2ccccc2c2ccccc21. The van der Waals surface area contributed by atoms with E-state index in [1.165, 1.54) is 20.2 Å². The molecule has 342 valence electrons. The molecular weight excluding hydrogens is 937 g/mol. The van der Waals surface area contributed by atoms with Gasteiger partial charge in [0.2, 0.25) is 5.69 Å². The number of nitrogens with zero attached hydrogens (tertiary/aromatic N) is 4. The second-order valence-electron chi connectivity index (χ2n) is 18.9. The first-order valence-electron chi connectivity index (χ1n) is 24.7. The monoisotopic (exact) mass is 974 g/mol. The third-order valence-corrected chi connectivity index (χ3v) is 17.3. The molecule has 0 fully saturated rings. The molecular formula is C68H38N4S2. The second-order valence-corrected chi connectivity index (χ2v) is 21.0. The van der Waals surface area contributed by atoms with Crippen LogP contribution in [0.2, 0.25) is 0 Å². The summed E-state index contributed by atoms with van der Waals surface area (Å²) >= 11 is 3.60. The normalized spacial score (nSPS) is 11.8. The molecule has 11 aromatic carbocycles. The number of thiophene rings is 2. The van der Waals surface area contributed by atoms with E-state index in [0.29, 0.717) is 16.8 Å². The van der Waals surface area contributed by atoms with Crippen LogP contribution in [0, 0.1) is 17.9 Å². The van der Waals surface area contributed by atoms with Crippen molar-refractivity contribution in [2.75, 3.05) is 0 Å². The molecule has 0 saturated carbocycles. The van der Waals surface area contributed by atoms with E-state index in [4.69, 9.17) is 4.85 Å². The molecule has 15 rings (SSSR count). The number of hydrogen-bond donors (Lipinski definition) is 0. The van der Waals surface area contributed by atoms with E-state index < -0.39 is 0 Å². The van der Waals surface area contributed by atoms with E-state index in [-0.39, 0.29) is 0 Å². The number of benzene rings is 11. The van der Waals surface area contributed by atoms with Gasteiger partial charge in [-0.15, -0.1) is 22.7 Å². The van der Waals surface area contributed by atoms with Crippen LogP contribution in [0.5, 0.6) is 0 Å². The molecule has 15 aromatic rings. The predicted molar refractivity (Wildman–Crippen MR) is 314 cm³/mol. The molecule has 0 atom stereocenters. The summed E-state index contributed by atoms with van der Waals surface area (Å²) in [6, 6.07) is 84.4. The van der Waals surface area contributed by atoms with Gasteiger partial charge in [0.15, 0.2) is 0 Å². The van der Waals surface area contributed by atoms with Crippen LogP contribution in [0.15, 0.2) is 231 Å². The van der Waals surface area contributed by atoms with Crippen LogP contribution < -0.4 is 0 Å². The van der Waals surface area contributed by atoms with Gasteiger partial charge in [-0.05, 0) is 75.8 Å². The van der Waals surface area contributed by atoms with Gasteiger partial charge in [0.1, 0.15) is 6.07 Å². The first kappa shape index (κ1) is 42.2. The van der Waals surface area contributed by atoms with Gasteiger partial charge in [0.25, 0.3) is 0 Å².